The van der Waals surface area contributed by atoms with Gasteiger partial charge in [0.15, 0.2) is 17.5 Å². The van der Waals surface area contributed by atoms with E-state index < -0.39 is 35.2 Å². The number of halogens is 3. The Bertz CT molecular complexity index is 1470. The number of hydrogen-bond donors (Lipinski definition) is 0. The average molecular weight is 604 g/mol. The molecule has 1 saturated heterocycles. The van der Waals surface area contributed by atoms with Crippen LogP contribution in [-0.2, 0) is 9.47 Å². The molecule has 1 fully saturated rings. The van der Waals surface area contributed by atoms with E-state index in [0.717, 1.165) is 12.1 Å². The summed E-state index contributed by atoms with van der Waals surface area (Å²) >= 11 is 0. The van der Waals surface area contributed by atoms with Gasteiger partial charge in [-0.25, -0.2) is 22.9 Å². The van der Waals surface area contributed by atoms with Gasteiger partial charge in [-0.2, -0.15) is 0 Å². The maximum Gasteiger partial charge on any atom is 0.410 e. The zero-order valence-electron chi connectivity index (χ0n) is 25.1. The first kappa shape index (κ1) is 31.8. The minimum atomic E-state index is -1.60. The Morgan fingerprint density at radius 1 is 1.02 bits per heavy atom. The Hall–Kier alpha value is -4.13. The highest BCUT2D eigenvalue weighted by atomic mass is 19.2. The fourth-order valence-electron chi connectivity index (χ4n) is 4.43. The van der Waals surface area contributed by atoms with Gasteiger partial charge < -0.3 is 28.9 Å². The summed E-state index contributed by atoms with van der Waals surface area (Å²) in [5, 5.41) is 0. The number of benzene rings is 2. The third kappa shape index (κ3) is 7.83. The molecule has 1 aliphatic heterocycles. The second kappa shape index (κ2) is 13.0. The summed E-state index contributed by atoms with van der Waals surface area (Å²) in [6, 6.07) is 4.71. The number of carbonyl (C=O) groups excluding carboxylic acids is 2. The van der Waals surface area contributed by atoms with E-state index >= 15 is 0 Å². The van der Waals surface area contributed by atoms with Gasteiger partial charge in [0.1, 0.15) is 23.3 Å². The van der Waals surface area contributed by atoms with Gasteiger partial charge in [-0.3, -0.25) is 9.78 Å². The van der Waals surface area contributed by atoms with Crippen molar-refractivity contribution in [3.63, 3.8) is 0 Å². The average Bonchev–Trinajstić information content (AvgIpc) is 2.96. The Morgan fingerprint density at radius 3 is 2.28 bits per heavy atom. The van der Waals surface area contributed by atoms with Crippen molar-refractivity contribution in [3.05, 3.63) is 59.0 Å². The third-order valence-electron chi connectivity index (χ3n) is 6.78. The van der Waals surface area contributed by atoms with Crippen LogP contribution in [0.4, 0.5) is 23.8 Å². The Morgan fingerprint density at radius 2 is 1.65 bits per heavy atom. The first-order chi connectivity index (χ1) is 20.2. The molecule has 232 valence electrons. The minimum Gasteiger partial charge on any atom is -0.486 e. The number of likely N-dealkylation sites (N-methyl/N-ethyl adjacent to an activating group) is 2. The number of ether oxygens (including phenoxy) is 3. The normalized spacial score (nSPS) is 14.4. The van der Waals surface area contributed by atoms with Crippen LogP contribution < -0.4 is 9.64 Å². The molecule has 2 heterocycles. The fraction of sp³-hybridized carbons (Fsp3) is 0.467. The van der Waals surface area contributed by atoms with Gasteiger partial charge in [-0.1, -0.05) is 0 Å². The summed E-state index contributed by atoms with van der Waals surface area (Å²) in [5.74, 6) is -4.35. The van der Waals surface area contributed by atoms with Crippen LogP contribution in [0.3, 0.4) is 0 Å². The molecule has 0 saturated carbocycles. The molecule has 1 aliphatic rings. The molecule has 1 unspecified atom stereocenters. The number of amides is 2. The SMILES string of the molecule is CC(Oc1cc(F)c(F)c(F)c1)c1cc(C(=O)N(C)CCN(C)C(=O)OC(C)(C)C)cc2ncc(N3CCOCC3)nc12. The van der Waals surface area contributed by atoms with Crippen molar-refractivity contribution in [1.29, 1.82) is 0 Å². The van der Waals surface area contributed by atoms with Crippen LogP contribution >= 0.6 is 0 Å². The highest BCUT2D eigenvalue weighted by Crippen LogP contribution is 2.31. The van der Waals surface area contributed by atoms with E-state index in [9.17, 15) is 22.8 Å². The van der Waals surface area contributed by atoms with E-state index in [2.05, 4.69) is 4.98 Å². The zero-order valence-corrected chi connectivity index (χ0v) is 25.1. The molecule has 10 nitrogen and oxygen atoms in total. The second-order valence-corrected chi connectivity index (χ2v) is 11.4. The number of nitrogens with zero attached hydrogens (tertiary/aromatic N) is 5. The molecule has 3 aromatic rings. The summed E-state index contributed by atoms with van der Waals surface area (Å²) in [4.78, 5) is 40.1. The first-order valence-corrected chi connectivity index (χ1v) is 13.9. The molecular weight excluding hydrogens is 567 g/mol. The van der Waals surface area contributed by atoms with Crippen molar-refractivity contribution in [3.8, 4) is 5.75 Å². The predicted octanol–water partition coefficient (Wildman–Crippen LogP) is 4.96. The summed E-state index contributed by atoms with van der Waals surface area (Å²) in [7, 11) is 3.19. The number of morpholine rings is 1. The smallest absolute Gasteiger partial charge is 0.410 e. The Balaban J connectivity index is 1.64. The van der Waals surface area contributed by atoms with Crippen LogP contribution in [0.1, 0.15) is 49.7 Å². The molecule has 0 spiro atoms. The van der Waals surface area contributed by atoms with Gasteiger partial charge in [-0.05, 0) is 39.8 Å². The third-order valence-corrected chi connectivity index (χ3v) is 6.78. The number of rotatable bonds is 8. The molecular formula is C30H36F3N5O5. The quantitative estimate of drug-likeness (QED) is 0.334. The van der Waals surface area contributed by atoms with Crippen molar-refractivity contribution in [1.82, 2.24) is 19.8 Å². The lowest BCUT2D eigenvalue weighted by Crippen LogP contribution is -2.40. The first-order valence-electron chi connectivity index (χ1n) is 13.9. The molecule has 0 N–H and O–H groups in total. The standard InChI is InChI=1S/C30H36F3N5O5/c1-18(42-20-15-22(31)26(33)23(32)16-20)21-13-19(28(39)36(5)7-8-37(6)29(40)43-30(2,3)4)14-24-27(21)35-25(17-34-24)38-9-11-41-12-10-38/h13-18H,7-12H2,1-6H3. The van der Waals surface area contributed by atoms with Crippen molar-refractivity contribution < 1.29 is 37.0 Å². The van der Waals surface area contributed by atoms with E-state index in [-0.39, 0.29) is 30.3 Å². The summed E-state index contributed by atoms with van der Waals surface area (Å²) in [5.41, 5.74) is 0.896. The largest absolute Gasteiger partial charge is 0.486 e. The van der Waals surface area contributed by atoms with Gasteiger partial charge in [0.05, 0.1) is 30.4 Å². The van der Waals surface area contributed by atoms with Crippen LogP contribution in [0.15, 0.2) is 30.5 Å². The number of anilines is 1. The lowest BCUT2D eigenvalue weighted by atomic mass is 10.0. The van der Waals surface area contributed by atoms with Crippen molar-refractivity contribution in [2.45, 2.75) is 39.4 Å². The molecule has 4 rings (SSSR count). The van der Waals surface area contributed by atoms with Gasteiger partial charge in [0.2, 0.25) is 0 Å². The maximum absolute atomic E-state index is 13.9. The lowest BCUT2D eigenvalue weighted by molar-refractivity contribution is 0.0283. The Kier molecular flexibility index (Phi) is 9.63. The highest BCUT2D eigenvalue weighted by molar-refractivity contribution is 5.98. The van der Waals surface area contributed by atoms with Gasteiger partial charge in [0, 0.05) is 63.5 Å². The van der Waals surface area contributed by atoms with Crippen molar-refractivity contribution in [2.75, 3.05) is 58.4 Å². The molecule has 0 aliphatic carbocycles. The molecule has 0 bridgehead atoms. The van der Waals surface area contributed by atoms with Crippen LogP contribution in [0.25, 0.3) is 11.0 Å². The summed E-state index contributed by atoms with van der Waals surface area (Å²) < 4.78 is 58.0. The zero-order chi connectivity index (χ0) is 31.5. The maximum atomic E-state index is 13.9. The number of aromatic nitrogens is 2. The second-order valence-electron chi connectivity index (χ2n) is 11.4. The van der Waals surface area contributed by atoms with E-state index in [1.54, 1.807) is 60.1 Å². The molecule has 2 amide bonds. The summed E-state index contributed by atoms with van der Waals surface area (Å²) in [6.45, 7) is 9.69. The van der Waals surface area contributed by atoms with Crippen LogP contribution in [0, 0.1) is 17.5 Å². The molecule has 0 radical (unpaired) electrons. The molecule has 2 aromatic carbocycles. The fourth-order valence-corrected chi connectivity index (χ4v) is 4.43. The number of carbonyl (C=O) groups is 2. The van der Waals surface area contributed by atoms with Crippen molar-refractivity contribution in [2.24, 2.45) is 0 Å². The molecule has 1 aromatic heterocycles. The molecule has 43 heavy (non-hydrogen) atoms. The van der Waals surface area contributed by atoms with Crippen LogP contribution in [0.2, 0.25) is 0 Å². The van der Waals surface area contributed by atoms with Gasteiger partial charge >= 0.3 is 6.09 Å². The van der Waals surface area contributed by atoms with Crippen LogP contribution in [-0.4, -0.2) is 90.9 Å². The van der Waals surface area contributed by atoms with E-state index in [0.29, 0.717) is 48.7 Å². The molecule has 13 heteroatoms. The topological polar surface area (TPSA) is 97.3 Å². The highest BCUT2D eigenvalue weighted by Gasteiger charge is 2.24. The van der Waals surface area contributed by atoms with Crippen molar-refractivity contribution >= 4 is 28.9 Å². The van der Waals surface area contributed by atoms with Gasteiger partial charge in [0.25, 0.3) is 5.91 Å². The van der Waals surface area contributed by atoms with E-state index in [1.165, 1.54) is 9.80 Å². The molecule has 1 atom stereocenters. The van der Waals surface area contributed by atoms with Crippen LogP contribution in [0.5, 0.6) is 5.75 Å². The van der Waals surface area contributed by atoms with E-state index in [4.69, 9.17) is 19.2 Å². The predicted molar refractivity (Wildman–Crippen MR) is 154 cm³/mol. The number of fused-ring (bicyclic) bond motifs is 1. The number of hydrogen-bond acceptors (Lipinski definition) is 8. The van der Waals surface area contributed by atoms with Gasteiger partial charge in [-0.15, -0.1) is 0 Å². The lowest BCUT2D eigenvalue weighted by Gasteiger charge is -2.28. The Labute approximate surface area is 248 Å². The minimum absolute atomic E-state index is 0.212. The summed E-state index contributed by atoms with van der Waals surface area (Å²) in [6.07, 6.45) is 0.242. The van der Waals surface area contributed by atoms with E-state index in [1.807, 2.05) is 4.90 Å². The monoisotopic (exact) mass is 603 g/mol.